The van der Waals surface area contributed by atoms with Crippen LogP contribution in [0, 0.1) is 0 Å². The van der Waals surface area contributed by atoms with E-state index in [4.69, 9.17) is 4.74 Å². The van der Waals surface area contributed by atoms with Gasteiger partial charge < -0.3 is 19.8 Å². The number of benzene rings is 1. The van der Waals surface area contributed by atoms with Crippen LogP contribution in [0.5, 0.6) is 5.75 Å². The summed E-state index contributed by atoms with van der Waals surface area (Å²) < 4.78 is 45.3. The number of rotatable bonds is 6. The Morgan fingerprint density at radius 1 is 1.32 bits per heavy atom. The zero-order valence-electron chi connectivity index (χ0n) is 13.0. The fraction of sp³-hybridized carbons (Fsp3) is 0.267. The van der Waals surface area contributed by atoms with E-state index in [-0.39, 0.29) is 18.1 Å². The van der Waals surface area contributed by atoms with E-state index < -0.39 is 23.9 Å². The van der Waals surface area contributed by atoms with Gasteiger partial charge in [0.15, 0.2) is 0 Å². The number of aromatic amines is 1. The lowest BCUT2D eigenvalue weighted by Crippen LogP contribution is -2.32. The summed E-state index contributed by atoms with van der Waals surface area (Å²) in [7, 11) is 1.41. The number of H-pyrrole nitrogens is 1. The number of amides is 1. The molecule has 2 N–H and O–H groups in total. The summed E-state index contributed by atoms with van der Waals surface area (Å²) in [4.78, 5) is 29.4. The number of hydrogen-bond acceptors (Lipinski definition) is 5. The lowest BCUT2D eigenvalue weighted by molar-refractivity contribution is -0.274. The molecule has 0 aliphatic heterocycles. The minimum absolute atomic E-state index is 0.0639. The minimum atomic E-state index is -4.78. The number of methoxy groups -OCH3 is 1. The van der Waals surface area contributed by atoms with Gasteiger partial charge in [0.25, 0.3) is 11.5 Å². The van der Waals surface area contributed by atoms with Crippen LogP contribution in [0.4, 0.5) is 13.2 Å². The molecule has 1 heterocycles. The first-order valence-corrected chi connectivity index (χ1v) is 6.99. The number of alkyl halides is 3. The molecule has 0 radical (unpaired) electrons. The van der Waals surface area contributed by atoms with Crippen LogP contribution in [0.3, 0.4) is 0 Å². The number of halogens is 3. The van der Waals surface area contributed by atoms with Gasteiger partial charge in [0.05, 0.1) is 19.0 Å². The van der Waals surface area contributed by atoms with Crippen LogP contribution in [-0.4, -0.2) is 36.0 Å². The third-order valence-electron chi connectivity index (χ3n) is 3.07. The summed E-state index contributed by atoms with van der Waals surface area (Å²) in [6.07, 6.45) is -3.69. The Hall–Kier alpha value is -2.88. The van der Waals surface area contributed by atoms with Crippen LogP contribution in [0.1, 0.15) is 22.1 Å². The molecule has 0 saturated heterocycles. The topological polar surface area (TPSA) is 93.3 Å². The first-order chi connectivity index (χ1) is 11.8. The molecule has 134 valence electrons. The van der Waals surface area contributed by atoms with Gasteiger partial charge in [0.1, 0.15) is 11.4 Å². The largest absolute Gasteiger partial charge is 0.573 e. The van der Waals surface area contributed by atoms with Crippen LogP contribution in [0.15, 0.2) is 41.5 Å². The SMILES string of the molecule is COCC(NC(=O)c1cc(=O)[nH]cn1)c1ccc(OC(F)(F)F)cc1. The molecule has 1 unspecified atom stereocenters. The van der Waals surface area contributed by atoms with Gasteiger partial charge in [-0.2, -0.15) is 0 Å². The Kier molecular flexibility index (Phi) is 5.75. The predicted octanol–water partition coefficient (Wildman–Crippen LogP) is 1.79. The molecule has 0 bridgehead atoms. The highest BCUT2D eigenvalue weighted by molar-refractivity contribution is 5.92. The van der Waals surface area contributed by atoms with Gasteiger partial charge in [-0.3, -0.25) is 9.59 Å². The number of carbonyl (C=O) groups excluding carboxylic acids is 1. The molecule has 1 aromatic heterocycles. The van der Waals surface area contributed by atoms with E-state index in [1.165, 1.54) is 19.2 Å². The highest BCUT2D eigenvalue weighted by Crippen LogP contribution is 2.24. The van der Waals surface area contributed by atoms with E-state index in [2.05, 4.69) is 20.0 Å². The highest BCUT2D eigenvalue weighted by atomic mass is 19.4. The van der Waals surface area contributed by atoms with Gasteiger partial charge in [-0.05, 0) is 17.7 Å². The fourth-order valence-electron chi connectivity index (χ4n) is 2.01. The van der Waals surface area contributed by atoms with Crippen molar-refractivity contribution in [2.24, 2.45) is 0 Å². The van der Waals surface area contributed by atoms with Gasteiger partial charge in [-0.15, -0.1) is 13.2 Å². The molecule has 1 amide bonds. The van der Waals surface area contributed by atoms with Crippen LogP contribution in [-0.2, 0) is 4.74 Å². The second-order valence-corrected chi connectivity index (χ2v) is 4.89. The summed E-state index contributed by atoms with van der Waals surface area (Å²) in [6.45, 7) is 0.0639. The van der Waals surface area contributed by atoms with E-state index >= 15 is 0 Å². The molecule has 1 aromatic carbocycles. The number of carbonyl (C=O) groups is 1. The van der Waals surface area contributed by atoms with E-state index in [1.807, 2.05) is 0 Å². The number of nitrogens with zero attached hydrogens (tertiary/aromatic N) is 1. The smallest absolute Gasteiger partial charge is 0.406 e. The number of nitrogens with one attached hydrogen (secondary N) is 2. The maximum atomic E-state index is 12.2. The summed E-state index contributed by atoms with van der Waals surface area (Å²) in [5.41, 5.74) is -0.0893. The molecule has 2 aromatic rings. The van der Waals surface area contributed by atoms with Crippen LogP contribution in [0.25, 0.3) is 0 Å². The summed E-state index contributed by atoms with van der Waals surface area (Å²) in [5.74, 6) is -1.00. The van der Waals surface area contributed by atoms with Crippen LogP contribution < -0.4 is 15.6 Å². The van der Waals surface area contributed by atoms with Gasteiger partial charge in [-0.25, -0.2) is 4.98 Å². The zero-order chi connectivity index (χ0) is 18.4. The summed E-state index contributed by atoms with van der Waals surface area (Å²) >= 11 is 0. The molecule has 0 saturated carbocycles. The Balaban J connectivity index is 2.14. The van der Waals surface area contributed by atoms with E-state index in [0.717, 1.165) is 24.5 Å². The Labute approximate surface area is 139 Å². The number of hydrogen-bond donors (Lipinski definition) is 2. The van der Waals surface area contributed by atoms with Crippen molar-refractivity contribution in [2.75, 3.05) is 13.7 Å². The van der Waals surface area contributed by atoms with Crippen molar-refractivity contribution in [3.8, 4) is 5.75 Å². The standard InChI is InChI=1S/C15H14F3N3O4/c1-24-7-12(21-14(23)11-6-13(22)20-8-19-11)9-2-4-10(5-3-9)25-15(16,17)18/h2-6,8,12H,7H2,1H3,(H,21,23)(H,19,20,22). The second kappa shape index (κ2) is 7.79. The van der Waals surface area contributed by atoms with Crippen molar-refractivity contribution in [1.82, 2.24) is 15.3 Å². The molecule has 7 nitrogen and oxygen atoms in total. The maximum Gasteiger partial charge on any atom is 0.573 e. The molecule has 0 fully saturated rings. The lowest BCUT2D eigenvalue weighted by Gasteiger charge is -2.18. The van der Waals surface area contributed by atoms with Crippen molar-refractivity contribution in [3.63, 3.8) is 0 Å². The zero-order valence-corrected chi connectivity index (χ0v) is 13.0. The molecule has 0 aliphatic rings. The van der Waals surface area contributed by atoms with E-state index in [0.29, 0.717) is 5.56 Å². The van der Waals surface area contributed by atoms with Crippen molar-refractivity contribution < 1.29 is 27.4 Å². The minimum Gasteiger partial charge on any atom is -0.406 e. The molecule has 0 spiro atoms. The Bertz CT molecular complexity index is 775. The summed E-state index contributed by atoms with van der Waals surface area (Å²) in [5, 5.41) is 2.60. The average molecular weight is 357 g/mol. The van der Waals surface area contributed by atoms with E-state index in [9.17, 15) is 22.8 Å². The highest BCUT2D eigenvalue weighted by Gasteiger charge is 2.31. The molecular weight excluding hydrogens is 343 g/mol. The lowest BCUT2D eigenvalue weighted by atomic mass is 10.1. The van der Waals surface area contributed by atoms with Crippen molar-refractivity contribution in [1.29, 1.82) is 0 Å². The summed E-state index contributed by atoms with van der Waals surface area (Å²) in [6, 6.07) is 5.37. The maximum absolute atomic E-state index is 12.2. The predicted molar refractivity (Wildman–Crippen MR) is 80.1 cm³/mol. The van der Waals surface area contributed by atoms with Crippen LogP contribution >= 0.6 is 0 Å². The molecular formula is C15H14F3N3O4. The molecule has 25 heavy (non-hydrogen) atoms. The van der Waals surface area contributed by atoms with Gasteiger partial charge in [0, 0.05) is 13.2 Å². The average Bonchev–Trinajstić information content (AvgIpc) is 2.53. The van der Waals surface area contributed by atoms with Gasteiger partial charge >= 0.3 is 6.36 Å². The van der Waals surface area contributed by atoms with Gasteiger partial charge in [0.2, 0.25) is 0 Å². The van der Waals surface area contributed by atoms with Crippen molar-refractivity contribution >= 4 is 5.91 Å². The molecule has 10 heteroatoms. The normalized spacial score (nSPS) is 12.5. The number of aromatic nitrogens is 2. The number of ether oxygens (including phenoxy) is 2. The van der Waals surface area contributed by atoms with Crippen LogP contribution in [0.2, 0.25) is 0 Å². The quantitative estimate of drug-likeness (QED) is 0.822. The third-order valence-corrected chi connectivity index (χ3v) is 3.07. The third kappa shape index (κ3) is 5.60. The Morgan fingerprint density at radius 2 is 2.00 bits per heavy atom. The van der Waals surface area contributed by atoms with Gasteiger partial charge in [-0.1, -0.05) is 12.1 Å². The molecule has 2 rings (SSSR count). The second-order valence-electron chi connectivity index (χ2n) is 4.89. The first-order valence-electron chi connectivity index (χ1n) is 6.99. The molecule has 1 atom stereocenters. The molecule has 0 aliphatic carbocycles. The monoisotopic (exact) mass is 357 g/mol. The van der Waals surface area contributed by atoms with Crippen molar-refractivity contribution in [3.05, 3.63) is 58.3 Å². The first kappa shape index (κ1) is 18.5. The van der Waals surface area contributed by atoms with Crippen molar-refractivity contribution in [2.45, 2.75) is 12.4 Å². The fourth-order valence-corrected chi connectivity index (χ4v) is 2.01. The Morgan fingerprint density at radius 3 is 2.56 bits per heavy atom. The van der Waals surface area contributed by atoms with E-state index in [1.54, 1.807) is 0 Å².